The van der Waals surface area contributed by atoms with Crippen molar-refractivity contribution in [3.05, 3.63) is 48.6 Å². The van der Waals surface area contributed by atoms with E-state index in [1.807, 2.05) is 0 Å². The van der Waals surface area contributed by atoms with Crippen LogP contribution in [0.2, 0.25) is 0 Å². The summed E-state index contributed by atoms with van der Waals surface area (Å²) in [4.78, 5) is 35.4. The fourth-order valence-electron chi connectivity index (χ4n) is 12.2. The second-order valence-electron chi connectivity index (χ2n) is 27.3. The van der Waals surface area contributed by atoms with Gasteiger partial charge in [0.2, 0.25) is 0 Å². The van der Waals surface area contributed by atoms with Gasteiger partial charge in [0.15, 0.2) is 6.10 Å². The number of unbranched alkanes of at least 4 members (excludes halogenated alkanes) is 56. The number of allylic oxidation sites excluding steroid dienone is 8. The summed E-state index contributed by atoms with van der Waals surface area (Å²) in [5, 5.41) is 0. The summed E-state index contributed by atoms with van der Waals surface area (Å²) >= 11 is 0. The van der Waals surface area contributed by atoms with Crippen molar-refractivity contribution in [2.75, 3.05) is 26.4 Å². The van der Waals surface area contributed by atoms with E-state index in [0.29, 0.717) is 6.42 Å². The van der Waals surface area contributed by atoms with Crippen molar-refractivity contribution in [2.24, 2.45) is 5.73 Å². The SMILES string of the molecule is CCCCCCC/C=C\C/C=C\CCCCCCCCCCCCCCCCCCCCCCCCCCCCCCCC(=O)OC(COC(=O)CCCCCCCCCCCCCCCCCCC/C=C\C/C=C\CCCCCCC)COP(=O)(O)OCCN. The van der Waals surface area contributed by atoms with Gasteiger partial charge in [-0.05, 0) is 77.0 Å². The summed E-state index contributed by atoms with van der Waals surface area (Å²) in [5.74, 6) is -0.803. The summed E-state index contributed by atoms with van der Waals surface area (Å²) in [5.41, 5.74) is 5.41. The third-order valence-electron chi connectivity index (χ3n) is 18.2. The zero-order valence-electron chi connectivity index (χ0n) is 60.6. The van der Waals surface area contributed by atoms with E-state index in [2.05, 4.69) is 62.5 Å². The molecule has 0 aliphatic carbocycles. The van der Waals surface area contributed by atoms with Gasteiger partial charge in [0.25, 0.3) is 0 Å². The first-order valence-corrected chi connectivity index (χ1v) is 41.6. The minimum Gasteiger partial charge on any atom is -0.462 e. The molecule has 0 heterocycles. The Kier molecular flexibility index (Phi) is 75.3. The van der Waals surface area contributed by atoms with Gasteiger partial charge in [-0.25, -0.2) is 4.57 Å². The number of phosphoric acid groups is 1. The van der Waals surface area contributed by atoms with Gasteiger partial charge < -0.3 is 20.1 Å². The molecular weight excluding hydrogens is 1150 g/mol. The summed E-state index contributed by atoms with van der Waals surface area (Å²) in [7, 11) is -4.39. The lowest BCUT2D eigenvalue weighted by molar-refractivity contribution is -0.161. The molecule has 3 N–H and O–H groups in total. The molecule has 0 radical (unpaired) electrons. The number of nitrogens with two attached hydrogens (primary N) is 1. The number of esters is 2. The number of ether oxygens (including phenoxy) is 2. The Hall–Kier alpha value is -2.03. The molecule has 0 fully saturated rings. The highest BCUT2D eigenvalue weighted by molar-refractivity contribution is 7.47. The maximum absolute atomic E-state index is 12.8. The molecule has 2 atom stereocenters. The van der Waals surface area contributed by atoms with Gasteiger partial charge in [0.05, 0.1) is 13.2 Å². The molecule has 10 heteroatoms. The first-order chi connectivity index (χ1) is 44.8. The van der Waals surface area contributed by atoms with Crippen molar-refractivity contribution in [1.29, 1.82) is 0 Å². The first-order valence-electron chi connectivity index (χ1n) is 40.1. The molecule has 0 bridgehead atoms. The topological polar surface area (TPSA) is 134 Å². The lowest BCUT2D eigenvalue weighted by Gasteiger charge is -2.19. The van der Waals surface area contributed by atoms with Crippen molar-refractivity contribution < 1.29 is 37.6 Å². The molecule has 536 valence electrons. The highest BCUT2D eigenvalue weighted by Gasteiger charge is 2.26. The van der Waals surface area contributed by atoms with Crippen LogP contribution in [0.3, 0.4) is 0 Å². The highest BCUT2D eigenvalue weighted by Crippen LogP contribution is 2.43. The van der Waals surface area contributed by atoms with Crippen LogP contribution in [0.15, 0.2) is 48.6 Å². The quantitative estimate of drug-likeness (QED) is 0.0264. The molecule has 0 aromatic rings. The minimum atomic E-state index is -4.39. The summed E-state index contributed by atoms with van der Waals surface area (Å²) in [6.45, 7) is 3.80. The molecule has 2 unspecified atom stereocenters. The number of rotatable bonds is 77. The molecule has 91 heavy (non-hydrogen) atoms. The summed E-state index contributed by atoms with van der Waals surface area (Å²) in [6, 6.07) is 0. The second-order valence-corrected chi connectivity index (χ2v) is 28.7. The number of phosphoric ester groups is 1. The molecule has 0 aromatic heterocycles. The fourth-order valence-corrected chi connectivity index (χ4v) is 13.0. The molecule has 9 nitrogen and oxygen atoms in total. The monoisotopic (exact) mass is 1300 g/mol. The summed E-state index contributed by atoms with van der Waals surface area (Å²) < 4.78 is 33.3. The maximum atomic E-state index is 12.8. The van der Waals surface area contributed by atoms with Crippen LogP contribution >= 0.6 is 7.82 Å². The van der Waals surface area contributed by atoms with E-state index in [9.17, 15) is 19.0 Å². The van der Waals surface area contributed by atoms with Crippen molar-refractivity contribution in [1.82, 2.24) is 0 Å². The molecule has 0 aliphatic rings. The molecule has 0 aromatic carbocycles. The number of hydrogen-bond donors (Lipinski definition) is 2. The van der Waals surface area contributed by atoms with E-state index in [1.165, 1.54) is 347 Å². The minimum absolute atomic E-state index is 0.0559. The van der Waals surface area contributed by atoms with Gasteiger partial charge >= 0.3 is 19.8 Å². The lowest BCUT2D eigenvalue weighted by Crippen LogP contribution is -2.29. The fraction of sp³-hybridized carbons (Fsp3) is 0.877. The van der Waals surface area contributed by atoms with Gasteiger partial charge in [-0.15, -0.1) is 0 Å². The molecule has 0 spiro atoms. The smallest absolute Gasteiger partial charge is 0.462 e. The average Bonchev–Trinajstić information content (AvgIpc) is 3.74. The number of carbonyl (C=O) groups excluding carboxylic acids is 2. The molecular formula is C81H154NO8P. The van der Waals surface area contributed by atoms with E-state index in [4.69, 9.17) is 24.3 Å². The zero-order chi connectivity index (χ0) is 65.8. The van der Waals surface area contributed by atoms with E-state index in [1.54, 1.807) is 0 Å². The van der Waals surface area contributed by atoms with Crippen LogP contribution < -0.4 is 5.73 Å². The number of carbonyl (C=O) groups is 2. The number of hydrogen-bond acceptors (Lipinski definition) is 8. The Morgan fingerprint density at radius 1 is 0.330 bits per heavy atom. The van der Waals surface area contributed by atoms with Gasteiger partial charge in [-0.3, -0.25) is 18.6 Å². The zero-order valence-corrected chi connectivity index (χ0v) is 61.5. The van der Waals surface area contributed by atoms with Crippen molar-refractivity contribution in [3.8, 4) is 0 Å². The molecule has 0 saturated heterocycles. The normalized spacial score (nSPS) is 13.1. The van der Waals surface area contributed by atoms with Crippen LogP contribution in [0.1, 0.15) is 425 Å². The van der Waals surface area contributed by atoms with Gasteiger partial charge in [-0.2, -0.15) is 0 Å². The highest BCUT2D eigenvalue weighted by atomic mass is 31.2. The lowest BCUT2D eigenvalue weighted by atomic mass is 10.0. The van der Waals surface area contributed by atoms with E-state index < -0.39 is 26.5 Å². The van der Waals surface area contributed by atoms with Crippen molar-refractivity contribution >= 4 is 19.8 Å². The van der Waals surface area contributed by atoms with Crippen LogP contribution in [0.5, 0.6) is 0 Å². The predicted octanol–water partition coefficient (Wildman–Crippen LogP) is 26.8. The Balaban J connectivity index is 3.73. The second kappa shape index (κ2) is 77.0. The Morgan fingerprint density at radius 2 is 0.571 bits per heavy atom. The third kappa shape index (κ3) is 76.9. The van der Waals surface area contributed by atoms with E-state index >= 15 is 0 Å². The van der Waals surface area contributed by atoms with Crippen LogP contribution in [-0.4, -0.2) is 49.3 Å². The molecule has 0 rings (SSSR count). The first kappa shape index (κ1) is 89.0. The average molecular weight is 1300 g/mol. The Labute approximate surface area is 566 Å². The van der Waals surface area contributed by atoms with Crippen LogP contribution in [0.25, 0.3) is 0 Å². The largest absolute Gasteiger partial charge is 0.472 e. The van der Waals surface area contributed by atoms with Gasteiger partial charge in [0.1, 0.15) is 6.61 Å². The van der Waals surface area contributed by atoms with E-state index in [0.717, 1.165) is 44.9 Å². The van der Waals surface area contributed by atoms with Crippen molar-refractivity contribution in [3.63, 3.8) is 0 Å². The maximum Gasteiger partial charge on any atom is 0.472 e. The van der Waals surface area contributed by atoms with Crippen LogP contribution in [0.4, 0.5) is 0 Å². The Morgan fingerprint density at radius 3 is 0.835 bits per heavy atom. The Bertz CT molecular complexity index is 1630. The standard InChI is InChI=1S/C81H154NO8P/c1-3-5-7-9-11-13-15-17-19-21-23-25-27-29-31-33-34-35-36-37-38-39-40-41-42-43-44-46-48-50-52-54-56-58-60-62-64-66-68-70-72-74-81(84)90-79(78-89-91(85,86)88-76-75-82)77-87-80(83)73-71-69-67-65-63-61-59-57-55-53-51-49-47-45-32-30-28-26-24-22-20-18-16-14-12-10-8-6-4-2/h15-18,21-24,79H,3-14,19-20,25-78,82H2,1-2H3,(H,85,86)/b17-15-,18-16-,23-21-,24-22-. The predicted molar refractivity (Wildman–Crippen MR) is 395 cm³/mol. The van der Waals surface area contributed by atoms with Gasteiger partial charge in [0, 0.05) is 19.4 Å². The third-order valence-corrected chi connectivity index (χ3v) is 19.2. The molecule has 0 amide bonds. The van der Waals surface area contributed by atoms with Crippen LogP contribution in [-0.2, 0) is 32.7 Å². The molecule has 0 saturated carbocycles. The summed E-state index contributed by atoms with van der Waals surface area (Å²) in [6.07, 6.45) is 99.7. The van der Waals surface area contributed by atoms with Crippen molar-refractivity contribution in [2.45, 2.75) is 431 Å². The molecule has 0 aliphatic heterocycles. The van der Waals surface area contributed by atoms with Crippen LogP contribution in [0, 0.1) is 0 Å². The van der Waals surface area contributed by atoms with Gasteiger partial charge in [-0.1, -0.05) is 383 Å². The van der Waals surface area contributed by atoms with E-state index in [-0.39, 0.29) is 38.6 Å².